The number of rotatable bonds is 2. The molecule has 1 N–H and O–H groups in total. The lowest BCUT2D eigenvalue weighted by Crippen LogP contribution is -1.86. The lowest BCUT2D eigenvalue weighted by molar-refractivity contribution is 0.430. The van der Waals surface area contributed by atoms with Gasteiger partial charge in [-0.2, -0.15) is 4.98 Å². The van der Waals surface area contributed by atoms with Crippen LogP contribution in [0, 0.1) is 6.92 Å². The summed E-state index contributed by atoms with van der Waals surface area (Å²) in [4.78, 5) is 8.42. The maximum absolute atomic E-state index is 9.70. The molecule has 20 heavy (non-hydrogen) atoms. The van der Waals surface area contributed by atoms with Gasteiger partial charge in [0.1, 0.15) is 11.4 Å². The number of phenols is 1. The smallest absolute Gasteiger partial charge is 0.258 e. The molecule has 0 saturated carbocycles. The van der Waals surface area contributed by atoms with Crippen LogP contribution < -0.4 is 0 Å². The number of phenolic OH excluding ortho intramolecular Hbond substituents is 1. The van der Waals surface area contributed by atoms with E-state index in [4.69, 9.17) is 16.1 Å². The number of hydrogen-bond donors (Lipinski definition) is 1. The minimum absolute atomic E-state index is 0.187. The number of nitrogens with zero attached hydrogens (tertiary/aromatic N) is 3. The molecule has 0 bridgehead atoms. The number of benzene rings is 1. The van der Waals surface area contributed by atoms with E-state index in [0.29, 0.717) is 33.6 Å². The summed E-state index contributed by atoms with van der Waals surface area (Å²) < 4.78 is 5.23. The van der Waals surface area contributed by atoms with Crippen molar-refractivity contribution >= 4 is 11.6 Å². The summed E-state index contributed by atoms with van der Waals surface area (Å²) in [6, 6.07) is 8.56. The van der Waals surface area contributed by atoms with Crippen molar-refractivity contribution in [1.29, 1.82) is 0 Å². The zero-order chi connectivity index (χ0) is 14.1. The van der Waals surface area contributed by atoms with Gasteiger partial charge in [-0.15, -0.1) is 0 Å². The van der Waals surface area contributed by atoms with Crippen LogP contribution in [-0.2, 0) is 0 Å². The highest BCUT2D eigenvalue weighted by Crippen LogP contribution is 2.29. The van der Waals surface area contributed by atoms with E-state index in [0.717, 1.165) is 0 Å². The summed E-state index contributed by atoms with van der Waals surface area (Å²) in [5, 5.41) is 14.1. The fourth-order valence-corrected chi connectivity index (χ4v) is 1.91. The standard InChI is InChI=1S/C14H10ClN3O2/c1-8-10(3-2-4-12(8)19)14-17-13(18-20-14)11-6-5-9(15)7-16-11/h2-7,19H,1H3. The van der Waals surface area contributed by atoms with E-state index < -0.39 is 0 Å². The predicted octanol–water partition coefficient (Wildman–Crippen LogP) is 3.47. The molecule has 6 heteroatoms. The van der Waals surface area contributed by atoms with E-state index in [1.807, 2.05) is 6.07 Å². The van der Waals surface area contributed by atoms with E-state index in [-0.39, 0.29) is 5.75 Å². The molecule has 0 aliphatic carbocycles. The van der Waals surface area contributed by atoms with Crippen LogP contribution in [0.5, 0.6) is 5.75 Å². The molecule has 0 radical (unpaired) electrons. The average molecular weight is 288 g/mol. The predicted molar refractivity (Wildman–Crippen MR) is 74.4 cm³/mol. The van der Waals surface area contributed by atoms with Gasteiger partial charge in [-0.25, -0.2) is 0 Å². The summed E-state index contributed by atoms with van der Waals surface area (Å²) >= 11 is 5.78. The van der Waals surface area contributed by atoms with Gasteiger partial charge in [0.15, 0.2) is 0 Å². The lowest BCUT2D eigenvalue weighted by atomic mass is 10.1. The monoisotopic (exact) mass is 287 g/mol. The first-order chi connectivity index (χ1) is 9.65. The Morgan fingerprint density at radius 3 is 2.80 bits per heavy atom. The maximum atomic E-state index is 9.70. The molecule has 2 heterocycles. The first kappa shape index (κ1) is 12.6. The van der Waals surface area contributed by atoms with Crippen LogP contribution in [0.1, 0.15) is 5.56 Å². The van der Waals surface area contributed by atoms with Gasteiger partial charge >= 0.3 is 0 Å². The Balaban J connectivity index is 2.02. The molecule has 0 unspecified atom stereocenters. The van der Waals surface area contributed by atoms with E-state index in [1.165, 1.54) is 6.20 Å². The zero-order valence-corrected chi connectivity index (χ0v) is 11.3. The summed E-state index contributed by atoms with van der Waals surface area (Å²) in [5.74, 6) is 0.899. The summed E-state index contributed by atoms with van der Waals surface area (Å²) in [7, 11) is 0. The van der Waals surface area contributed by atoms with Crippen LogP contribution in [0.3, 0.4) is 0 Å². The quantitative estimate of drug-likeness (QED) is 0.781. The van der Waals surface area contributed by atoms with Gasteiger partial charge in [0.2, 0.25) is 5.82 Å². The second kappa shape index (κ2) is 4.94. The van der Waals surface area contributed by atoms with Gasteiger partial charge in [-0.05, 0) is 31.2 Å². The van der Waals surface area contributed by atoms with Crippen LogP contribution >= 0.6 is 11.6 Å². The molecule has 5 nitrogen and oxygen atoms in total. The minimum atomic E-state index is 0.187. The van der Waals surface area contributed by atoms with Gasteiger partial charge in [0.25, 0.3) is 5.89 Å². The van der Waals surface area contributed by atoms with Crippen LogP contribution in [0.15, 0.2) is 41.1 Å². The van der Waals surface area contributed by atoms with Crippen molar-refractivity contribution in [3.8, 4) is 28.7 Å². The molecule has 0 atom stereocenters. The first-order valence-corrected chi connectivity index (χ1v) is 6.27. The highest BCUT2D eigenvalue weighted by Gasteiger charge is 2.14. The Hall–Kier alpha value is -2.40. The minimum Gasteiger partial charge on any atom is -0.508 e. The lowest BCUT2D eigenvalue weighted by Gasteiger charge is -2.01. The molecule has 1 aromatic carbocycles. The first-order valence-electron chi connectivity index (χ1n) is 5.90. The molecule has 0 spiro atoms. The molecule has 3 rings (SSSR count). The Morgan fingerprint density at radius 2 is 2.05 bits per heavy atom. The number of pyridine rings is 1. The van der Waals surface area contributed by atoms with Crippen molar-refractivity contribution in [1.82, 2.24) is 15.1 Å². The van der Waals surface area contributed by atoms with E-state index in [1.54, 1.807) is 31.2 Å². The molecule has 3 aromatic rings. The van der Waals surface area contributed by atoms with Crippen molar-refractivity contribution in [3.63, 3.8) is 0 Å². The number of hydrogen-bond acceptors (Lipinski definition) is 5. The topological polar surface area (TPSA) is 72.0 Å². The fourth-order valence-electron chi connectivity index (χ4n) is 1.80. The van der Waals surface area contributed by atoms with Crippen molar-refractivity contribution in [2.45, 2.75) is 6.92 Å². The van der Waals surface area contributed by atoms with Crippen LogP contribution in [0.2, 0.25) is 5.02 Å². The average Bonchev–Trinajstić information content (AvgIpc) is 2.92. The molecule has 0 fully saturated rings. The molecular formula is C14H10ClN3O2. The molecule has 2 aromatic heterocycles. The molecular weight excluding hydrogens is 278 g/mol. The van der Waals surface area contributed by atoms with E-state index >= 15 is 0 Å². The van der Waals surface area contributed by atoms with E-state index in [9.17, 15) is 5.11 Å². The Morgan fingerprint density at radius 1 is 1.20 bits per heavy atom. The molecule has 100 valence electrons. The Kier molecular flexibility index (Phi) is 3.12. The SMILES string of the molecule is Cc1c(O)cccc1-c1nc(-c2ccc(Cl)cn2)no1. The van der Waals surface area contributed by atoms with E-state index in [2.05, 4.69) is 15.1 Å². The third-order valence-electron chi connectivity index (χ3n) is 2.92. The zero-order valence-electron chi connectivity index (χ0n) is 10.5. The summed E-state index contributed by atoms with van der Waals surface area (Å²) in [6.45, 7) is 1.79. The van der Waals surface area contributed by atoms with Gasteiger partial charge in [-0.3, -0.25) is 4.98 Å². The van der Waals surface area contributed by atoms with Gasteiger partial charge in [0.05, 0.1) is 5.02 Å². The third-order valence-corrected chi connectivity index (χ3v) is 3.14. The summed E-state index contributed by atoms with van der Waals surface area (Å²) in [6.07, 6.45) is 1.52. The Labute approximate surface area is 119 Å². The Bertz CT molecular complexity index is 753. The van der Waals surface area contributed by atoms with Crippen molar-refractivity contribution in [3.05, 3.63) is 47.1 Å². The molecule has 0 aliphatic rings. The maximum Gasteiger partial charge on any atom is 0.258 e. The van der Waals surface area contributed by atoms with Crippen molar-refractivity contribution in [2.75, 3.05) is 0 Å². The van der Waals surface area contributed by atoms with Crippen molar-refractivity contribution in [2.24, 2.45) is 0 Å². The molecule has 0 aliphatic heterocycles. The number of aromatic nitrogens is 3. The third kappa shape index (κ3) is 2.23. The number of aromatic hydroxyl groups is 1. The van der Waals surface area contributed by atoms with Gasteiger partial charge < -0.3 is 9.63 Å². The van der Waals surface area contributed by atoms with Gasteiger partial charge in [-0.1, -0.05) is 22.8 Å². The highest BCUT2D eigenvalue weighted by atomic mass is 35.5. The highest BCUT2D eigenvalue weighted by molar-refractivity contribution is 6.30. The van der Waals surface area contributed by atoms with Gasteiger partial charge in [0, 0.05) is 17.3 Å². The number of halogens is 1. The fraction of sp³-hybridized carbons (Fsp3) is 0.0714. The second-order valence-electron chi connectivity index (χ2n) is 4.23. The largest absolute Gasteiger partial charge is 0.508 e. The van der Waals surface area contributed by atoms with Crippen LogP contribution in [-0.4, -0.2) is 20.2 Å². The molecule has 0 amide bonds. The molecule has 0 saturated heterocycles. The normalized spacial score (nSPS) is 10.7. The van der Waals surface area contributed by atoms with Crippen LogP contribution in [0.25, 0.3) is 23.0 Å². The second-order valence-corrected chi connectivity index (χ2v) is 4.67. The van der Waals surface area contributed by atoms with Crippen LogP contribution in [0.4, 0.5) is 0 Å². The summed E-state index contributed by atoms with van der Waals surface area (Å²) in [5.41, 5.74) is 1.95. The van der Waals surface area contributed by atoms with Crippen molar-refractivity contribution < 1.29 is 9.63 Å².